The number of carboxylic acids is 2. The molecule has 0 aliphatic carbocycles. The maximum Gasteiger partial charge on any atom is 2.00 e. The Kier molecular flexibility index (Phi) is 6.30. The zero-order valence-electron chi connectivity index (χ0n) is 4.81. The molecule has 0 aromatic carbocycles. The summed E-state index contributed by atoms with van der Waals surface area (Å²) >= 11 is 0. The smallest absolute Gasteiger partial charge is 0.550 e. The van der Waals surface area contributed by atoms with Gasteiger partial charge in [-0.25, -0.2) is 0 Å². The minimum Gasteiger partial charge on any atom is -0.550 e. The molecule has 0 heterocycles. The van der Waals surface area contributed by atoms with E-state index in [4.69, 9.17) is 5.73 Å². The van der Waals surface area contributed by atoms with Crippen LogP contribution in [0, 0.1) is 0 Å². The predicted molar refractivity (Wildman–Crippen MR) is 22.6 cm³/mol. The molecule has 6 heteroatoms. The molecule has 5 nitrogen and oxygen atoms in total. The van der Waals surface area contributed by atoms with Crippen molar-refractivity contribution in [2.24, 2.45) is 5.73 Å². The number of hydrogen-bond acceptors (Lipinski definition) is 5. The van der Waals surface area contributed by atoms with Crippen molar-refractivity contribution in [1.82, 2.24) is 0 Å². The Hall–Kier alpha value is -0.606. The van der Waals surface area contributed by atoms with Gasteiger partial charge in [0.15, 0.2) is 0 Å². The van der Waals surface area contributed by atoms with Crippen LogP contribution in [-0.4, -0.2) is 18.0 Å². The zero-order chi connectivity index (χ0) is 7.44. The third kappa shape index (κ3) is 5.53. The molecule has 0 spiro atoms. The van der Waals surface area contributed by atoms with Crippen LogP contribution in [0.5, 0.6) is 0 Å². The van der Waals surface area contributed by atoms with Crippen LogP contribution < -0.4 is 15.9 Å². The van der Waals surface area contributed by atoms with Crippen LogP contribution in [0.15, 0.2) is 0 Å². The topological polar surface area (TPSA) is 106 Å². The van der Waals surface area contributed by atoms with Crippen LogP contribution >= 0.6 is 0 Å². The summed E-state index contributed by atoms with van der Waals surface area (Å²) in [6.07, 6.45) is -0.706. The maximum atomic E-state index is 9.71. The van der Waals surface area contributed by atoms with Gasteiger partial charge in [-0.3, -0.25) is 0 Å². The fraction of sp³-hybridized carbons (Fsp3) is 0.500. The Bertz CT molecular complexity index is 137. The first-order valence-electron chi connectivity index (χ1n) is 2.20. The van der Waals surface area contributed by atoms with Gasteiger partial charge in [-0.1, -0.05) is 0 Å². The summed E-state index contributed by atoms with van der Waals surface area (Å²) in [4.78, 5) is 19.3. The Balaban J connectivity index is 0. The van der Waals surface area contributed by atoms with Gasteiger partial charge in [0.25, 0.3) is 0 Å². The number of carboxylic acid groups (broad SMARTS) is 2. The van der Waals surface area contributed by atoms with E-state index in [1.807, 2.05) is 0 Å². The number of aliphatic carboxylic acids is 2. The van der Waals surface area contributed by atoms with Gasteiger partial charge in [0.1, 0.15) is 0 Å². The van der Waals surface area contributed by atoms with Crippen molar-refractivity contribution < 1.29 is 36.3 Å². The fourth-order valence-electron chi connectivity index (χ4n) is 0.263. The first kappa shape index (κ1) is 12.1. The molecule has 0 saturated carbocycles. The van der Waals surface area contributed by atoms with Gasteiger partial charge in [-0.05, 0) is 0 Å². The third-order valence-corrected chi connectivity index (χ3v) is 0.689. The first-order chi connectivity index (χ1) is 4.04. The molecular formula is C4H5NNiO4. The standard InChI is InChI=1S/C4H7NO4.Ni/c5-2(4(8)9)1-3(6)7;/h2H,1,5H2,(H,6,7)(H,8,9);/q;+2/p-2/t2-;/m0./s1. The quantitative estimate of drug-likeness (QED) is 0.459. The summed E-state index contributed by atoms with van der Waals surface area (Å²) in [6, 6.07) is -1.46. The molecule has 0 aromatic heterocycles. The maximum absolute atomic E-state index is 9.71. The van der Waals surface area contributed by atoms with Gasteiger partial charge in [-0.2, -0.15) is 0 Å². The third-order valence-electron chi connectivity index (χ3n) is 0.689. The summed E-state index contributed by atoms with van der Waals surface area (Å²) in [5.74, 6) is -3.08. The molecule has 0 bridgehead atoms. The number of hydrogen-bond donors (Lipinski definition) is 1. The molecule has 10 heavy (non-hydrogen) atoms. The number of rotatable bonds is 3. The van der Waals surface area contributed by atoms with E-state index >= 15 is 0 Å². The second-order valence-electron chi connectivity index (χ2n) is 1.50. The molecule has 0 unspecified atom stereocenters. The summed E-state index contributed by atoms with van der Waals surface area (Å²) in [7, 11) is 0. The van der Waals surface area contributed by atoms with Crippen molar-refractivity contribution in [1.29, 1.82) is 0 Å². The van der Waals surface area contributed by atoms with E-state index in [0.717, 1.165) is 0 Å². The van der Waals surface area contributed by atoms with Gasteiger partial charge < -0.3 is 25.5 Å². The molecule has 60 valence electrons. The molecule has 0 aromatic rings. The second-order valence-corrected chi connectivity index (χ2v) is 1.50. The Morgan fingerprint density at radius 2 is 1.80 bits per heavy atom. The molecular weight excluding hydrogens is 185 g/mol. The van der Waals surface area contributed by atoms with Crippen molar-refractivity contribution in [2.75, 3.05) is 0 Å². The number of carbonyl (C=O) groups is 2. The molecule has 0 amide bonds. The molecule has 0 radical (unpaired) electrons. The normalized spacial score (nSPS) is 11.3. The van der Waals surface area contributed by atoms with E-state index in [-0.39, 0.29) is 16.5 Å². The Labute approximate surface area is 67.1 Å². The molecule has 0 rings (SSSR count). The first-order valence-corrected chi connectivity index (χ1v) is 2.20. The second kappa shape index (κ2) is 5.20. The molecule has 1 atom stereocenters. The molecule has 2 N–H and O–H groups in total. The summed E-state index contributed by atoms with van der Waals surface area (Å²) < 4.78 is 0. The van der Waals surface area contributed by atoms with E-state index in [1.165, 1.54) is 0 Å². The van der Waals surface area contributed by atoms with Gasteiger partial charge in [0.05, 0.1) is 5.97 Å². The largest absolute Gasteiger partial charge is 2.00 e. The molecule has 0 saturated heterocycles. The zero-order valence-corrected chi connectivity index (χ0v) is 5.80. The average Bonchev–Trinajstić information content (AvgIpc) is 1.63. The predicted octanol–water partition coefficient (Wildman–Crippen LogP) is -3.80. The van der Waals surface area contributed by atoms with Crippen LogP contribution in [0.3, 0.4) is 0 Å². The van der Waals surface area contributed by atoms with Crippen LogP contribution in [0.1, 0.15) is 6.42 Å². The van der Waals surface area contributed by atoms with E-state index in [9.17, 15) is 19.8 Å². The van der Waals surface area contributed by atoms with E-state index < -0.39 is 24.4 Å². The summed E-state index contributed by atoms with van der Waals surface area (Å²) in [6.45, 7) is 0. The van der Waals surface area contributed by atoms with Crippen LogP contribution in [0.4, 0.5) is 0 Å². The van der Waals surface area contributed by atoms with Crippen molar-refractivity contribution >= 4 is 11.9 Å². The van der Waals surface area contributed by atoms with E-state index in [1.54, 1.807) is 0 Å². The summed E-state index contributed by atoms with van der Waals surface area (Å²) in [5, 5.41) is 19.3. The van der Waals surface area contributed by atoms with Crippen molar-refractivity contribution in [3.8, 4) is 0 Å². The van der Waals surface area contributed by atoms with Crippen LogP contribution in [-0.2, 0) is 26.1 Å². The van der Waals surface area contributed by atoms with Crippen LogP contribution in [0.2, 0.25) is 0 Å². The van der Waals surface area contributed by atoms with E-state index in [0.29, 0.717) is 0 Å². The minimum atomic E-state index is -1.58. The fourth-order valence-corrected chi connectivity index (χ4v) is 0.263. The van der Waals surface area contributed by atoms with Gasteiger partial charge >= 0.3 is 16.5 Å². The van der Waals surface area contributed by atoms with Crippen molar-refractivity contribution in [2.45, 2.75) is 12.5 Å². The van der Waals surface area contributed by atoms with Crippen LogP contribution in [0.25, 0.3) is 0 Å². The van der Waals surface area contributed by atoms with Gasteiger partial charge in [-0.15, -0.1) is 0 Å². The average molecular weight is 190 g/mol. The van der Waals surface area contributed by atoms with Gasteiger partial charge in [0, 0.05) is 18.4 Å². The number of carbonyl (C=O) groups excluding carboxylic acids is 2. The van der Waals surface area contributed by atoms with E-state index in [2.05, 4.69) is 0 Å². The van der Waals surface area contributed by atoms with Gasteiger partial charge in [0.2, 0.25) is 0 Å². The van der Waals surface area contributed by atoms with Crippen molar-refractivity contribution in [3.63, 3.8) is 0 Å². The molecule has 0 aliphatic rings. The summed E-state index contributed by atoms with van der Waals surface area (Å²) in [5.41, 5.74) is 4.73. The SMILES string of the molecule is N[C@@H](CC(=O)[O-])C(=O)[O-].[Ni+2]. The molecule has 0 fully saturated rings. The monoisotopic (exact) mass is 189 g/mol. The molecule has 0 aliphatic heterocycles. The number of nitrogens with two attached hydrogens (primary N) is 1. The minimum absolute atomic E-state index is 0. The Morgan fingerprint density at radius 1 is 1.40 bits per heavy atom. The Morgan fingerprint density at radius 3 is 1.90 bits per heavy atom. The van der Waals surface area contributed by atoms with Crippen molar-refractivity contribution in [3.05, 3.63) is 0 Å².